The number of rotatable bonds is 6. The van der Waals surface area contributed by atoms with E-state index in [0.29, 0.717) is 24.4 Å². The lowest BCUT2D eigenvalue weighted by Gasteiger charge is -2.20. The average molecular weight is 461 g/mol. The lowest BCUT2D eigenvalue weighted by Crippen LogP contribution is -2.30. The van der Waals surface area contributed by atoms with E-state index < -0.39 is 0 Å². The van der Waals surface area contributed by atoms with Crippen molar-refractivity contribution in [2.24, 2.45) is 0 Å². The highest BCUT2D eigenvalue weighted by molar-refractivity contribution is 8.00. The van der Waals surface area contributed by atoms with Crippen LogP contribution in [0.25, 0.3) is 0 Å². The van der Waals surface area contributed by atoms with Crippen LogP contribution in [0.3, 0.4) is 0 Å². The molecule has 0 unspecified atom stereocenters. The van der Waals surface area contributed by atoms with Crippen molar-refractivity contribution < 1.29 is 19.1 Å². The normalized spacial score (nSPS) is 13.7. The van der Waals surface area contributed by atoms with Gasteiger partial charge >= 0.3 is 0 Å². The molecule has 0 saturated carbocycles. The van der Waals surface area contributed by atoms with Crippen LogP contribution in [0.2, 0.25) is 0 Å². The monoisotopic (exact) mass is 460 g/mol. The van der Waals surface area contributed by atoms with E-state index in [0.717, 1.165) is 28.3 Å². The molecule has 6 nitrogen and oxygen atoms in total. The largest absolute Gasteiger partial charge is 0.454 e. The van der Waals surface area contributed by atoms with Gasteiger partial charge in [-0.1, -0.05) is 36.4 Å². The van der Waals surface area contributed by atoms with Crippen LogP contribution >= 0.6 is 11.8 Å². The topological polar surface area (TPSA) is 59.1 Å². The molecule has 3 aromatic carbocycles. The number of nitrogens with zero attached hydrogens (tertiary/aromatic N) is 2. The van der Waals surface area contributed by atoms with Crippen molar-refractivity contribution in [2.75, 3.05) is 31.0 Å². The van der Waals surface area contributed by atoms with Crippen LogP contribution in [-0.4, -0.2) is 42.9 Å². The fraction of sp³-hybridized carbons (Fsp3) is 0.231. The molecular weight excluding hydrogens is 436 g/mol. The summed E-state index contributed by atoms with van der Waals surface area (Å²) in [4.78, 5) is 30.5. The molecular formula is C26H24N2O4S. The SMILES string of the molecule is CN(Cc1ccc2c(c1)OCO2)C(=O)c1ccccc1SCC(=O)N1CCc2ccccc21. The summed E-state index contributed by atoms with van der Waals surface area (Å²) in [6.45, 7) is 1.37. The summed E-state index contributed by atoms with van der Waals surface area (Å²) in [7, 11) is 1.78. The molecule has 7 heteroatoms. The third-order valence-electron chi connectivity index (χ3n) is 5.86. The summed E-state index contributed by atoms with van der Waals surface area (Å²) in [6.07, 6.45) is 0.881. The minimum absolute atomic E-state index is 0.0564. The fourth-order valence-electron chi connectivity index (χ4n) is 4.17. The molecule has 3 aromatic rings. The van der Waals surface area contributed by atoms with E-state index in [1.165, 1.54) is 17.3 Å². The molecule has 2 aliphatic heterocycles. The lowest BCUT2D eigenvalue weighted by molar-refractivity contribution is -0.116. The van der Waals surface area contributed by atoms with Gasteiger partial charge in [-0.05, 0) is 47.9 Å². The highest BCUT2D eigenvalue weighted by atomic mass is 32.2. The zero-order valence-electron chi connectivity index (χ0n) is 18.3. The molecule has 2 aliphatic rings. The quantitative estimate of drug-likeness (QED) is 0.512. The van der Waals surface area contributed by atoms with Gasteiger partial charge in [0.2, 0.25) is 12.7 Å². The van der Waals surface area contributed by atoms with E-state index in [2.05, 4.69) is 6.07 Å². The van der Waals surface area contributed by atoms with Crippen LogP contribution in [0, 0.1) is 0 Å². The standard InChI is InChI=1S/C26H24N2O4S/c1-27(15-18-10-11-22-23(14-18)32-17-31-22)26(30)20-7-3-5-9-24(20)33-16-25(29)28-13-12-19-6-2-4-8-21(19)28/h2-11,14H,12-13,15-17H2,1H3. The number of carbonyl (C=O) groups is 2. The van der Waals surface area contributed by atoms with Crippen molar-refractivity contribution in [3.8, 4) is 11.5 Å². The molecule has 5 rings (SSSR count). The van der Waals surface area contributed by atoms with Crippen molar-refractivity contribution in [3.05, 3.63) is 83.4 Å². The van der Waals surface area contributed by atoms with Crippen LogP contribution in [0.4, 0.5) is 5.69 Å². The number of hydrogen-bond donors (Lipinski definition) is 0. The minimum atomic E-state index is -0.0882. The van der Waals surface area contributed by atoms with Gasteiger partial charge in [0.25, 0.3) is 5.91 Å². The van der Waals surface area contributed by atoms with Crippen molar-refractivity contribution in [1.82, 2.24) is 4.90 Å². The number of anilines is 1. The van der Waals surface area contributed by atoms with E-state index in [4.69, 9.17) is 9.47 Å². The van der Waals surface area contributed by atoms with Crippen molar-refractivity contribution >= 4 is 29.3 Å². The van der Waals surface area contributed by atoms with Crippen molar-refractivity contribution in [1.29, 1.82) is 0 Å². The van der Waals surface area contributed by atoms with Gasteiger partial charge in [-0.15, -0.1) is 11.8 Å². The van der Waals surface area contributed by atoms with Crippen LogP contribution in [-0.2, 0) is 17.8 Å². The molecule has 0 bridgehead atoms. The summed E-state index contributed by atoms with van der Waals surface area (Å²) in [5.41, 5.74) is 3.76. The molecule has 0 atom stereocenters. The van der Waals surface area contributed by atoms with Gasteiger partial charge < -0.3 is 19.3 Å². The molecule has 33 heavy (non-hydrogen) atoms. The molecule has 0 N–H and O–H groups in total. The first-order valence-corrected chi connectivity index (χ1v) is 11.8. The summed E-state index contributed by atoms with van der Waals surface area (Å²) >= 11 is 1.41. The Hall–Kier alpha value is -3.45. The number of fused-ring (bicyclic) bond motifs is 2. The Morgan fingerprint density at radius 2 is 1.79 bits per heavy atom. The van der Waals surface area contributed by atoms with Crippen LogP contribution in [0.1, 0.15) is 21.5 Å². The Labute approximate surface area is 197 Å². The summed E-state index contributed by atoms with van der Waals surface area (Å²) in [5, 5.41) is 0. The second-order valence-corrected chi connectivity index (χ2v) is 9.07. The van der Waals surface area contributed by atoms with Gasteiger partial charge in [-0.2, -0.15) is 0 Å². The first-order valence-electron chi connectivity index (χ1n) is 10.8. The number of para-hydroxylation sites is 1. The molecule has 168 valence electrons. The third kappa shape index (κ3) is 4.41. The zero-order chi connectivity index (χ0) is 22.8. The van der Waals surface area contributed by atoms with Gasteiger partial charge in [0.15, 0.2) is 11.5 Å². The predicted molar refractivity (Wildman–Crippen MR) is 128 cm³/mol. The molecule has 0 saturated heterocycles. The number of ether oxygens (including phenoxy) is 2. The molecule has 0 fully saturated rings. The van der Waals surface area contributed by atoms with E-state index >= 15 is 0 Å². The maximum absolute atomic E-state index is 13.2. The highest BCUT2D eigenvalue weighted by Gasteiger charge is 2.25. The van der Waals surface area contributed by atoms with E-state index in [-0.39, 0.29) is 24.4 Å². The second-order valence-electron chi connectivity index (χ2n) is 8.06. The molecule has 0 radical (unpaired) electrons. The smallest absolute Gasteiger partial charge is 0.255 e. The molecule has 0 spiro atoms. The number of thioether (sulfide) groups is 1. The molecule has 0 aromatic heterocycles. The molecule has 2 amide bonds. The van der Waals surface area contributed by atoms with Crippen molar-refractivity contribution in [2.45, 2.75) is 17.9 Å². The van der Waals surface area contributed by atoms with Crippen LogP contribution in [0.15, 0.2) is 71.6 Å². The Morgan fingerprint density at radius 3 is 2.70 bits per heavy atom. The maximum Gasteiger partial charge on any atom is 0.255 e. The van der Waals surface area contributed by atoms with Crippen LogP contribution < -0.4 is 14.4 Å². The summed E-state index contributed by atoms with van der Waals surface area (Å²) in [6, 6.07) is 21.2. The Kier molecular flexibility index (Phi) is 5.96. The maximum atomic E-state index is 13.2. The predicted octanol–water partition coefficient (Wildman–Crippen LogP) is 4.37. The minimum Gasteiger partial charge on any atom is -0.454 e. The van der Waals surface area contributed by atoms with E-state index in [1.807, 2.05) is 65.6 Å². The Bertz CT molecular complexity index is 1210. The van der Waals surface area contributed by atoms with Gasteiger partial charge in [0.05, 0.1) is 11.3 Å². The zero-order valence-corrected chi connectivity index (χ0v) is 19.1. The van der Waals surface area contributed by atoms with E-state index in [9.17, 15) is 9.59 Å². The van der Waals surface area contributed by atoms with Gasteiger partial charge in [-0.25, -0.2) is 0 Å². The number of hydrogen-bond acceptors (Lipinski definition) is 5. The molecule has 0 aliphatic carbocycles. The molecule has 2 heterocycles. The number of amides is 2. The second kappa shape index (κ2) is 9.19. The Balaban J connectivity index is 1.25. The van der Waals surface area contributed by atoms with Gasteiger partial charge in [0.1, 0.15) is 0 Å². The highest BCUT2D eigenvalue weighted by Crippen LogP contribution is 2.33. The summed E-state index contributed by atoms with van der Waals surface area (Å²) < 4.78 is 10.8. The fourth-order valence-corrected chi connectivity index (χ4v) is 5.09. The summed E-state index contributed by atoms with van der Waals surface area (Å²) in [5.74, 6) is 1.67. The van der Waals surface area contributed by atoms with Gasteiger partial charge in [0, 0.05) is 30.7 Å². The van der Waals surface area contributed by atoms with Crippen molar-refractivity contribution in [3.63, 3.8) is 0 Å². The Morgan fingerprint density at radius 1 is 1.00 bits per heavy atom. The third-order valence-corrected chi connectivity index (χ3v) is 6.92. The van der Waals surface area contributed by atoms with Crippen LogP contribution in [0.5, 0.6) is 11.5 Å². The van der Waals surface area contributed by atoms with E-state index in [1.54, 1.807) is 11.9 Å². The first kappa shape index (κ1) is 21.4. The average Bonchev–Trinajstić information content (AvgIpc) is 3.49. The number of carbonyl (C=O) groups excluding carboxylic acids is 2. The lowest BCUT2D eigenvalue weighted by atomic mass is 10.1. The first-order chi connectivity index (χ1) is 16.1. The van der Waals surface area contributed by atoms with Gasteiger partial charge in [-0.3, -0.25) is 9.59 Å². The number of benzene rings is 3.